The van der Waals surface area contributed by atoms with Gasteiger partial charge < -0.3 is 5.11 Å². The van der Waals surface area contributed by atoms with E-state index in [1.807, 2.05) is 0 Å². The fourth-order valence-electron chi connectivity index (χ4n) is 0. The lowest BCUT2D eigenvalue weighted by Gasteiger charge is -1.52. The summed E-state index contributed by atoms with van der Waals surface area (Å²) in [7, 11) is 0. The monoisotopic (exact) mass is 59.0 g/mol. The minimum atomic E-state index is 0. The van der Waals surface area contributed by atoms with Gasteiger partial charge in [-0.05, 0) is 14.4 Å². The van der Waals surface area contributed by atoms with Gasteiger partial charge in [-0.2, -0.15) is 0 Å². The highest BCUT2D eigenvalue weighted by atomic mass is 16.2. The van der Waals surface area contributed by atoms with E-state index in [1.165, 1.54) is 0 Å². The van der Waals surface area contributed by atoms with Crippen LogP contribution in [0, 0.1) is 7.43 Å². The molecule has 0 saturated heterocycles. The van der Waals surface area contributed by atoms with E-state index in [2.05, 4.69) is 0 Å². The number of aliphatic hydroxyl groups is 1. The molecule has 1 N–H and O–H groups in total. The molecule has 0 saturated carbocycles. The Morgan fingerprint density at radius 2 is 1.75 bits per heavy atom. The van der Waals surface area contributed by atoms with E-state index in [9.17, 15) is 0 Å². The van der Waals surface area contributed by atoms with Crippen LogP contribution in [0.2, 0.25) is 0 Å². The lowest BCUT2D eigenvalue weighted by molar-refractivity contribution is 0.318. The molecule has 0 bridgehead atoms. The second kappa shape index (κ2) is 12.3. The molecule has 0 aromatic heterocycles. The van der Waals surface area contributed by atoms with Crippen molar-refractivity contribution >= 4 is 0 Å². The second-order valence-electron chi connectivity index (χ2n) is 0.316. The summed E-state index contributed by atoms with van der Waals surface area (Å²) in [5.74, 6) is 0. The van der Waals surface area contributed by atoms with E-state index < -0.39 is 0 Å². The molecule has 3 radical (unpaired) electrons. The SMILES string of the molecule is CCO.[CH]. The van der Waals surface area contributed by atoms with Gasteiger partial charge in [0.25, 0.3) is 0 Å². The molecule has 0 aliphatic rings. The number of aliphatic hydroxyl groups excluding tert-OH is 1. The van der Waals surface area contributed by atoms with Gasteiger partial charge in [-0.3, -0.25) is 0 Å². The highest BCUT2D eigenvalue weighted by Crippen LogP contribution is 1.30. The van der Waals surface area contributed by atoms with Gasteiger partial charge in [0.2, 0.25) is 0 Å². The molecule has 0 fully saturated rings. The quantitative estimate of drug-likeness (QED) is 0.422. The molecule has 0 spiro atoms. The van der Waals surface area contributed by atoms with E-state index in [1.54, 1.807) is 6.92 Å². The third kappa shape index (κ3) is 1130. The standard InChI is InChI=1S/C2H6O.CH/c1-2-3;/h3H,2H2,1H3;1H. The Morgan fingerprint density at radius 3 is 1.75 bits per heavy atom. The summed E-state index contributed by atoms with van der Waals surface area (Å²) in [5.41, 5.74) is 0. The van der Waals surface area contributed by atoms with Crippen molar-refractivity contribution in [2.75, 3.05) is 6.61 Å². The van der Waals surface area contributed by atoms with Crippen molar-refractivity contribution in [3.63, 3.8) is 0 Å². The molecule has 0 amide bonds. The summed E-state index contributed by atoms with van der Waals surface area (Å²) in [6.45, 7) is 1.93. The van der Waals surface area contributed by atoms with Crippen LogP contribution in [0.25, 0.3) is 0 Å². The average molecular weight is 59.1 g/mol. The fourth-order valence-corrected chi connectivity index (χ4v) is 0. The van der Waals surface area contributed by atoms with Crippen molar-refractivity contribution in [3.05, 3.63) is 7.43 Å². The Kier molecular flexibility index (Phi) is 27.9. The lowest BCUT2D eigenvalue weighted by atomic mass is 10.9. The van der Waals surface area contributed by atoms with Gasteiger partial charge in [0.05, 0.1) is 0 Å². The van der Waals surface area contributed by atoms with Crippen LogP contribution in [0.5, 0.6) is 0 Å². The molecule has 0 aliphatic heterocycles. The summed E-state index contributed by atoms with van der Waals surface area (Å²) in [5, 5.41) is 7.57. The van der Waals surface area contributed by atoms with Crippen LogP contribution in [0.15, 0.2) is 0 Å². The Balaban J connectivity index is 0. The van der Waals surface area contributed by atoms with Gasteiger partial charge >= 0.3 is 0 Å². The summed E-state index contributed by atoms with van der Waals surface area (Å²) >= 11 is 0. The molecule has 0 aromatic carbocycles. The fraction of sp³-hybridized carbons (Fsp3) is 0.667. The first kappa shape index (κ1) is 9.03. The molecule has 0 rings (SSSR count). The van der Waals surface area contributed by atoms with Crippen LogP contribution in [0.3, 0.4) is 0 Å². The van der Waals surface area contributed by atoms with Crippen molar-refractivity contribution in [2.24, 2.45) is 0 Å². The molecular weight excluding hydrogens is 52.0 g/mol. The Labute approximate surface area is 27.3 Å². The summed E-state index contributed by atoms with van der Waals surface area (Å²) in [6.07, 6.45) is 0. The van der Waals surface area contributed by atoms with Crippen LogP contribution in [0.4, 0.5) is 0 Å². The minimum absolute atomic E-state index is 0. The average Bonchev–Trinajstić information content (AvgIpc) is 0.918. The van der Waals surface area contributed by atoms with E-state index in [0.29, 0.717) is 0 Å². The van der Waals surface area contributed by atoms with Crippen LogP contribution in [0.1, 0.15) is 6.92 Å². The predicted molar refractivity (Wildman–Crippen MR) is 17.1 cm³/mol. The summed E-state index contributed by atoms with van der Waals surface area (Å²) in [4.78, 5) is 0. The third-order valence-electron chi connectivity index (χ3n) is 0. The van der Waals surface area contributed by atoms with Gasteiger partial charge in [-0.25, -0.2) is 0 Å². The second-order valence-corrected chi connectivity index (χ2v) is 0.316. The molecule has 0 atom stereocenters. The first-order valence-electron chi connectivity index (χ1n) is 1.02. The number of hydrogen-bond donors (Lipinski definition) is 1. The topological polar surface area (TPSA) is 20.2 Å². The zero-order valence-corrected chi connectivity index (χ0v) is 2.73. The predicted octanol–water partition coefficient (Wildman–Crippen LogP) is 0.203. The van der Waals surface area contributed by atoms with Crippen molar-refractivity contribution in [2.45, 2.75) is 6.92 Å². The van der Waals surface area contributed by atoms with Gasteiger partial charge in [-0.15, -0.1) is 0 Å². The van der Waals surface area contributed by atoms with Crippen molar-refractivity contribution in [1.82, 2.24) is 0 Å². The molecule has 0 unspecified atom stereocenters. The third-order valence-corrected chi connectivity index (χ3v) is 0. The maximum atomic E-state index is 7.57. The van der Waals surface area contributed by atoms with Crippen molar-refractivity contribution in [3.8, 4) is 0 Å². The van der Waals surface area contributed by atoms with E-state index in [0.717, 1.165) is 0 Å². The van der Waals surface area contributed by atoms with Crippen molar-refractivity contribution in [1.29, 1.82) is 0 Å². The molecule has 0 aliphatic carbocycles. The zero-order valence-electron chi connectivity index (χ0n) is 2.73. The van der Waals surface area contributed by atoms with Gasteiger partial charge in [0.15, 0.2) is 0 Å². The minimum Gasteiger partial charge on any atom is -0.397 e. The molecule has 1 heteroatoms. The highest BCUT2D eigenvalue weighted by Gasteiger charge is 1.34. The first-order chi connectivity index (χ1) is 1.41. The smallest absolute Gasteiger partial charge is 0.0402 e. The Hall–Kier alpha value is -0.0400. The van der Waals surface area contributed by atoms with Crippen LogP contribution in [-0.2, 0) is 0 Å². The van der Waals surface area contributed by atoms with Crippen molar-refractivity contribution < 1.29 is 5.11 Å². The lowest BCUT2D eigenvalue weighted by Crippen LogP contribution is -1.57. The largest absolute Gasteiger partial charge is 0.397 e. The van der Waals surface area contributed by atoms with E-state index in [4.69, 9.17) is 5.11 Å². The maximum absolute atomic E-state index is 7.57. The molecule has 0 heterocycles. The number of rotatable bonds is 0. The normalized spacial score (nSPS) is 4.50. The van der Waals surface area contributed by atoms with Crippen LogP contribution >= 0.6 is 0 Å². The van der Waals surface area contributed by atoms with Gasteiger partial charge in [0.1, 0.15) is 0 Å². The van der Waals surface area contributed by atoms with Crippen LogP contribution < -0.4 is 0 Å². The molecule has 0 aromatic rings. The highest BCUT2D eigenvalue weighted by molar-refractivity contribution is 3.84. The maximum Gasteiger partial charge on any atom is 0.0402 e. The molecule has 25 valence electrons. The van der Waals surface area contributed by atoms with Crippen LogP contribution in [-0.4, -0.2) is 11.7 Å². The molecule has 4 heavy (non-hydrogen) atoms. The molecular formula is C3H7O. The van der Waals surface area contributed by atoms with Gasteiger partial charge in [-0.1, -0.05) is 0 Å². The zero-order chi connectivity index (χ0) is 2.71. The summed E-state index contributed by atoms with van der Waals surface area (Å²) in [6, 6.07) is 0. The first-order valence-corrected chi connectivity index (χ1v) is 1.02. The van der Waals surface area contributed by atoms with E-state index >= 15 is 0 Å². The number of hydrogen-bond acceptors (Lipinski definition) is 1. The van der Waals surface area contributed by atoms with E-state index in [-0.39, 0.29) is 14.0 Å². The molecule has 1 nitrogen and oxygen atoms in total. The Morgan fingerprint density at radius 1 is 1.75 bits per heavy atom. The van der Waals surface area contributed by atoms with Gasteiger partial charge in [0, 0.05) is 6.61 Å². The summed E-state index contributed by atoms with van der Waals surface area (Å²) < 4.78 is 0. The Bertz CT molecular complexity index is 3.25.